The molecule has 6 heteroatoms. The van der Waals surface area contributed by atoms with Crippen LogP contribution in [0, 0.1) is 5.21 Å². The molecular weight excluding hydrogens is 244 g/mol. The zero-order chi connectivity index (χ0) is 13.8. The van der Waals surface area contributed by atoms with Crippen LogP contribution in [0.5, 0.6) is 5.75 Å². The Morgan fingerprint density at radius 1 is 1.16 bits per heavy atom. The van der Waals surface area contributed by atoms with Crippen LogP contribution >= 0.6 is 0 Å². The van der Waals surface area contributed by atoms with Crippen LogP contribution in [0.2, 0.25) is 0 Å². The van der Waals surface area contributed by atoms with Crippen molar-refractivity contribution in [1.82, 2.24) is 0 Å². The van der Waals surface area contributed by atoms with E-state index in [2.05, 4.69) is 10.2 Å². The minimum atomic E-state index is 0.224. The molecule has 1 heterocycles. The van der Waals surface area contributed by atoms with Gasteiger partial charge in [-0.25, -0.2) is 4.73 Å². The molecule has 19 heavy (non-hydrogen) atoms. The number of azo groups is 1. The van der Waals surface area contributed by atoms with E-state index in [1.165, 1.54) is 6.20 Å². The summed E-state index contributed by atoms with van der Waals surface area (Å²) < 4.78 is 0.650. The maximum Gasteiger partial charge on any atom is 0.353 e. The lowest BCUT2D eigenvalue weighted by Crippen LogP contribution is -2.24. The Morgan fingerprint density at radius 2 is 1.95 bits per heavy atom. The van der Waals surface area contributed by atoms with Crippen LogP contribution in [-0.4, -0.2) is 19.2 Å². The maximum absolute atomic E-state index is 11.4. The lowest BCUT2D eigenvalue weighted by atomic mass is 10.2. The van der Waals surface area contributed by atoms with Crippen molar-refractivity contribution in [3.8, 4) is 5.75 Å². The van der Waals surface area contributed by atoms with Crippen molar-refractivity contribution >= 4 is 17.2 Å². The average molecular weight is 259 g/mol. The van der Waals surface area contributed by atoms with E-state index < -0.39 is 0 Å². The summed E-state index contributed by atoms with van der Waals surface area (Å²) in [5, 5.41) is 27.1. The fourth-order valence-corrected chi connectivity index (χ4v) is 1.57. The quantitative estimate of drug-likeness (QED) is 0.367. The molecule has 0 spiro atoms. The first kappa shape index (κ1) is 12.8. The van der Waals surface area contributed by atoms with Crippen molar-refractivity contribution in [1.29, 1.82) is 0 Å². The van der Waals surface area contributed by atoms with Crippen molar-refractivity contribution in [2.45, 2.75) is 0 Å². The third kappa shape index (κ3) is 2.98. The molecule has 1 aromatic heterocycles. The third-order valence-corrected chi connectivity index (χ3v) is 2.52. The highest BCUT2D eigenvalue weighted by molar-refractivity contribution is 5.68. The number of pyridine rings is 1. The number of anilines is 1. The predicted octanol–water partition coefficient (Wildman–Crippen LogP) is 2.24. The normalized spacial score (nSPS) is 10.8. The molecule has 0 amide bonds. The summed E-state index contributed by atoms with van der Waals surface area (Å²) in [6.07, 6.45) is 1.37. The van der Waals surface area contributed by atoms with Gasteiger partial charge in [0.2, 0.25) is 0 Å². The molecule has 0 atom stereocenters. The first-order chi connectivity index (χ1) is 9.08. The van der Waals surface area contributed by atoms with E-state index in [-0.39, 0.29) is 5.82 Å². The van der Waals surface area contributed by atoms with Crippen molar-refractivity contribution in [2.24, 2.45) is 10.2 Å². The van der Waals surface area contributed by atoms with Gasteiger partial charge in [-0.1, -0.05) is 6.07 Å². The molecule has 98 valence electrons. The van der Waals surface area contributed by atoms with Gasteiger partial charge in [0.05, 0.1) is 23.1 Å². The molecule has 2 rings (SSSR count). The zero-order valence-electron chi connectivity index (χ0n) is 10.7. The number of nitrogens with zero attached hydrogens (tertiary/aromatic N) is 4. The second-order valence-electron chi connectivity index (χ2n) is 4.18. The van der Waals surface area contributed by atoms with Crippen LogP contribution < -0.4 is 9.63 Å². The lowest BCUT2D eigenvalue weighted by molar-refractivity contribution is -0.591. The van der Waals surface area contributed by atoms with Crippen LogP contribution in [0.3, 0.4) is 0 Å². The van der Waals surface area contributed by atoms with E-state index in [4.69, 9.17) is 5.11 Å². The molecule has 2 aromatic rings. The summed E-state index contributed by atoms with van der Waals surface area (Å²) in [7, 11) is 3.73. The summed E-state index contributed by atoms with van der Waals surface area (Å²) in [5.74, 6) is 0.628. The summed E-state index contributed by atoms with van der Waals surface area (Å²) >= 11 is 0. The van der Waals surface area contributed by atoms with Crippen LogP contribution in [0.15, 0.2) is 52.8 Å². The molecule has 0 bridgehead atoms. The van der Waals surface area contributed by atoms with Gasteiger partial charge in [-0.2, -0.15) is 0 Å². The van der Waals surface area contributed by atoms with Gasteiger partial charge in [-0.15, -0.1) is 0 Å². The molecule has 6 nitrogen and oxygen atoms in total. The summed E-state index contributed by atoms with van der Waals surface area (Å²) in [5.41, 5.74) is 1.40. The Balaban J connectivity index is 2.36. The van der Waals surface area contributed by atoms with Crippen molar-refractivity contribution in [3.05, 3.63) is 47.8 Å². The summed E-state index contributed by atoms with van der Waals surface area (Å²) in [6, 6.07) is 9.99. The highest BCUT2D eigenvalue weighted by Gasteiger charge is 2.10. The van der Waals surface area contributed by atoms with Crippen LogP contribution in [0.25, 0.3) is 0 Å². The van der Waals surface area contributed by atoms with Crippen LogP contribution in [0.1, 0.15) is 0 Å². The molecule has 0 saturated carbocycles. The molecule has 2 N–H and O–H groups in total. The van der Waals surface area contributed by atoms with E-state index in [1.54, 1.807) is 36.4 Å². The molecule has 0 saturated heterocycles. The van der Waals surface area contributed by atoms with Gasteiger partial charge in [0, 0.05) is 26.2 Å². The molecule has 0 aliphatic heterocycles. The summed E-state index contributed by atoms with van der Waals surface area (Å²) in [4.78, 5) is 1.85. The molecule has 0 aliphatic rings. The number of hydrogen-bond acceptors (Lipinski definition) is 4. The third-order valence-electron chi connectivity index (χ3n) is 2.52. The standard InChI is InChI=1S/C13H14N4O2/c1-16(2)12-9-10(18)6-7-11(12)14-15-13-5-3-4-8-17(13)19/h3-9,18H,1-2H3/p+1. The highest BCUT2D eigenvalue weighted by atomic mass is 16.5. The molecule has 0 radical (unpaired) electrons. The topological polar surface area (TPSA) is 77.8 Å². The van der Waals surface area contributed by atoms with Gasteiger partial charge in [-0.3, -0.25) is 0 Å². The molecule has 1 aromatic carbocycles. The highest BCUT2D eigenvalue weighted by Crippen LogP contribution is 2.31. The van der Waals surface area contributed by atoms with E-state index in [0.29, 0.717) is 16.2 Å². The smallest absolute Gasteiger partial charge is 0.353 e. The zero-order valence-corrected chi connectivity index (χ0v) is 10.7. The Morgan fingerprint density at radius 3 is 2.63 bits per heavy atom. The number of hydrogen-bond donors (Lipinski definition) is 0. The summed E-state index contributed by atoms with van der Waals surface area (Å²) in [6.45, 7) is 0. The average Bonchev–Trinajstić information content (AvgIpc) is 2.38. The largest absolute Gasteiger partial charge is 0.710 e. The Labute approximate surface area is 110 Å². The van der Waals surface area contributed by atoms with E-state index in [9.17, 15) is 5.21 Å². The monoisotopic (exact) mass is 259 g/mol. The molecule has 0 fully saturated rings. The first-order valence-corrected chi connectivity index (χ1v) is 5.71. The maximum atomic E-state index is 11.4. The van der Waals surface area contributed by atoms with Gasteiger partial charge in [-0.05, 0) is 17.2 Å². The van der Waals surface area contributed by atoms with Crippen LogP contribution in [0.4, 0.5) is 17.2 Å². The van der Waals surface area contributed by atoms with Crippen molar-refractivity contribution in [2.75, 3.05) is 19.0 Å². The minimum Gasteiger partial charge on any atom is -0.710 e. The van der Waals surface area contributed by atoms with Gasteiger partial charge < -0.3 is 15.2 Å². The Hall–Kier alpha value is -2.63. The second kappa shape index (κ2) is 5.34. The molecule has 0 aliphatic carbocycles. The fourth-order valence-electron chi connectivity index (χ4n) is 1.57. The molecular formula is C13H15N4O2+. The van der Waals surface area contributed by atoms with Crippen molar-refractivity contribution < 1.29 is 9.84 Å². The Bertz CT molecular complexity index is 611. The van der Waals surface area contributed by atoms with Crippen LogP contribution in [-0.2, 0) is 0 Å². The Kier molecular flexibility index (Phi) is 3.61. The number of rotatable bonds is 3. The van der Waals surface area contributed by atoms with Gasteiger partial charge in [0.15, 0.2) is 0 Å². The number of benzene rings is 1. The van der Waals surface area contributed by atoms with Gasteiger partial charge >= 0.3 is 5.82 Å². The predicted molar refractivity (Wildman–Crippen MR) is 73.4 cm³/mol. The lowest BCUT2D eigenvalue weighted by Gasteiger charge is -2.12. The van der Waals surface area contributed by atoms with E-state index >= 15 is 0 Å². The SMILES string of the molecule is CN(C)c1cc([OH2+])ccc1N=Nc1cccc[n+]1[O-]. The van der Waals surface area contributed by atoms with E-state index in [1.807, 2.05) is 19.0 Å². The van der Waals surface area contributed by atoms with E-state index in [0.717, 1.165) is 5.69 Å². The minimum absolute atomic E-state index is 0.224. The second-order valence-corrected chi connectivity index (χ2v) is 4.18. The molecule has 0 unspecified atom stereocenters. The first-order valence-electron chi connectivity index (χ1n) is 5.71. The van der Waals surface area contributed by atoms with Crippen molar-refractivity contribution in [3.63, 3.8) is 0 Å². The fraction of sp³-hybridized carbons (Fsp3) is 0.154. The van der Waals surface area contributed by atoms with Gasteiger partial charge in [0.1, 0.15) is 5.69 Å². The van der Waals surface area contributed by atoms with Gasteiger partial charge in [0.25, 0.3) is 5.75 Å². The number of aromatic nitrogens is 1.